The molecule has 2 aliphatic rings. The van der Waals surface area contributed by atoms with E-state index in [1.165, 1.54) is 12.4 Å². The van der Waals surface area contributed by atoms with Gasteiger partial charge >= 0.3 is 0 Å². The molecule has 1 saturated heterocycles. The summed E-state index contributed by atoms with van der Waals surface area (Å²) in [5, 5.41) is 16.3. The first-order chi connectivity index (χ1) is 19.5. The lowest BCUT2D eigenvalue weighted by atomic mass is 9.91. The Morgan fingerprint density at radius 3 is 2.68 bits per heavy atom. The van der Waals surface area contributed by atoms with E-state index in [4.69, 9.17) is 4.74 Å². The molecule has 5 rings (SSSR count). The predicted molar refractivity (Wildman–Crippen MR) is 142 cm³/mol. The number of hydrogen-bond donors (Lipinski definition) is 2. The maximum atomic E-state index is 13.8. The number of carbonyl (C=O) groups is 2. The smallest absolute Gasteiger partial charge is 0.242 e. The lowest BCUT2D eigenvalue weighted by Crippen LogP contribution is -2.64. The number of aliphatic hydroxyl groups is 1. The van der Waals surface area contributed by atoms with Gasteiger partial charge in [0.1, 0.15) is 18.2 Å². The van der Waals surface area contributed by atoms with Crippen LogP contribution < -0.4 is 10.1 Å². The fourth-order valence-corrected chi connectivity index (χ4v) is 5.29. The molecule has 14 heteroatoms. The number of carbonyl (C=O) groups excluding carboxylic acids is 2. The van der Waals surface area contributed by atoms with E-state index in [9.17, 15) is 23.5 Å². The van der Waals surface area contributed by atoms with Crippen LogP contribution in [0.5, 0.6) is 11.6 Å². The molecule has 218 valence electrons. The summed E-state index contributed by atoms with van der Waals surface area (Å²) < 4.78 is 34.0. The standard InChI is InChI=1S/C27H32F2N8O4/c1-16(25(39)33-21-12-31-24(13-30-21)41-20-5-4-18(28)11-19(20)29)35-8-9-36(27(2,3)15-35)26(40)17-6-7-37-23(10-17)32-22(14-38)34-37/h4-5,11-13,16-17,38H,6-10,14-15H2,1-3H3,(H,30,33,39)/t16-,17-/m0/s1. The molecule has 0 aliphatic carbocycles. The molecular formula is C27H32F2N8O4. The first-order valence-electron chi connectivity index (χ1n) is 13.4. The maximum absolute atomic E-state index is 13.8. The highest BCUT2D eigenvalue weighted by Gasteiger charge is 2.42. The minimum atomic E-state index is -0.873. The summed E-state index contributed by atoms with van der Waals surface area (Å²) in [6.07, 6.45) is 3.65. The largest absolute Gasteiger partial charge is 0.434 e. The van der Waals surface area contributed by atoms with E-state index in [2.05, 4.69) is 25.4 Å². The van der Waals surface area contributed by atoms with Gasteiger partial charge < -0.3 is 20.1 Å². The van der Waals surface area contributed by atoms with Crippen LogP contribution in [-0.4, -0.2) is 82.7 Å². The summed E-state index contributed by atoms with van der Waals surface area (Å²) in [7, 11) is 0. The van der Waals surface area contributed by atoms with Crippen molar-refractivity contribution in [3.05, 3.63) is 53.9 Å². The van der Waals surface area contributed by atoms with Crippen molar-refractivity contribution >= 4 is 17.6 Å². The van der Waals surface area contributed by atoms with Crippen molar-refractivity contribution in [1.29, 1.82) is 0 Å². The summed E-state index contributed by atoms with van der Waals surface area (Å²) in [4.78, 5) is 43.0. The second-order valence-electron chi connectivity index (χ2n) is 10.9. The highest BCUT2D eigenvalue weighted by atomic mass is 19.1. The molecule has 4 heterocycles. The second-order valence-corrected chi connectivity index (χ2v) is 10.9. The van der Waals surface area contributed by atoms with Crippen molar-refractivity contribution in [2.45, 2.75) is 58.3 Å². The highest BCUT2D eigenvalue weighted by molar-refractivity contribution is 5.93. The Morgan fingerprint density at radius 2 is 2.00 bits per heavy atom. The zero-order chi connectivity index (χ0) is 29.3. The molecule has 0 unspecified atom stereocenters. The normalized spacial score (nSPS) is 19.4. The summed E-state index contributed by atoms with van der Waals surface area (Å²) in [6.45, 7) is 7.60. The zero-order valence-corrected chi connectivity index (χ0v) is 23.0. The van der Waals surface area contributed by atoms with Crippen molar-refractivity contribution in [3.8, 4) is 11.6 Å². The van der Waals surface area contributed by atoms with E-state index in [0.717, 1.165) is 12.1 Å². The van der Waals surface area contributed by atoms with Gasteiger partial charge in [-0.1, -0.05) is 0 Å². The topological polar surface area (TPSA) is 139 Å². The molecule has 2 aliphatic heterocycles. The van der Waals surface area contributed by atoms with Gasteiger partial charge in [0.05, 0.1) is 24.0 Å². The van der Waals surface area contributed by atoms with Gasteiger partial charge in [-0.2, -0.15) is 5.10 Å². The molecule has 0 radical (unpaired) electrons. The number of aromatic nitrogens is 5. The number of ether oxygens (including phenoxy) is 1. The lowest BCUT2D eigenvalue weighted by Gasteiger charge is -2.49. The summed E-state index contributed by atoms with van der Waals surface area (Å²) in [6, 6.07) is 2.40. The average Bonchev–Trinajstić information content (AvgIpc) is 3.37. The van der Waals surface area contributed by atoms with Gasteiger partial charge in [-0.05, 0) is 39.3 Å². The van der Waals surface area contributed by atoms with Crippen LogP contribution in [0.15, 0.2) is 30.6 Å². The van der Waals surface area contributed by atoms with Gasteiger partial charge in [-0.15, -0.1) is 0 Å². The van der Waals surface area contributed by atoms with Gasteiger partial charge in [0.2, 0.25) is 17.7 Å². The molecule has 12 nitrogen and oxygen atoms in total. The van der Waals surface area contributed by atoms with Gasteiger partial charge in [-0.3, -0.25) is 14.5 Å². The Labute approximate surface area is 235 Å². The van der Waals surface area contributed by atoms with Gasteiger partial charge in [0.15, 0.2) is 23.2 Å². The predicted octanol–water partition coefficient (Wildman–Crippen LogP) is 2.14. The number of nitrogens with one attached hydrogen (secondary N) is 1. The van der Waals surface area contributed by atoms with Crippen LogP contribution in [0.4, 0.5) is 14.6 Å². The molecule has 1 fully saturated rings. The highest BCUT2D eigenvalue weighted by Crippen LogP contribution is 2.29. The number of nitrogens with zero attached hydrogens (tertiary/aromatic N) is 7. The number of piperazine rings is 1. The van der Waals surface area contributed by atoms with Gasteiger partial charge in [-0.25, -0.2) is 28.4 Å². The van der Waals surface area contributed by atoms with Crippen LogP contribution in [0.1, 0.15) is 38.8 Å². The van der Waals surface area contributed by atoms with E-state index in [1.54, 1.807) is 11.6 Å². The third-order valence-corrected chi connectivity index (χ3v) is 7.51. The molecule has 0 bridgehead atoms. The minimum Gasteiger partial charge on any atom is -0.434 e. The first-order valence-corrected chi connectivity index (χ1v) is 13.4. The number of aryl methyl sites for hydroxylation is 1. The summed E-state index contributed by atoms with van der Waals surface area (Å²) >= 11 is 0. The minimum absolute atomic E-state index is 0.0175. The lowest BCUT2D eigenvalue weighted by molar-refractivity contribution is -0.147. The SMILES string of the molecule is C[C@@H](C(=O)Nc1cnc(Oc2ccc(F)cc2F)cn1)N1CCN(C(=O)[C@H]2CCn3nc(CO)nc3C2)C(C)(C)C1. The number of aliphatic hydroxyl groups excluding tert-OH is 1. The van der Waals surface area contributed by atoms with E-state index in [-0.39, 0.29) is 41.8 Å². The van der Waals surface area contributed by atoms with Crippen molar-refractivity contribution in [2.75, 3.05) is 25.0 Å². The fourth-order valence-electron chi connectivity index (χ4n) is 5.29. The van der Waals surface area contributed by atoms with Crippen molar-refractivity contribution < 1.29 is 28.2 Å². The van der Waals surface area contributed by atoms with Crippen LogP contribution in [0, 0.1) is 17.6 Å². The Bertz CT molecular complexity index is 1430. The molecule has 2 amide bonds. The van der Waals surface area contributed by atoms with Crippen LogP contribution in [0.2, 0.25) is 0 Å². The van der Waals surface area contributed by atoms with Crippen LogP contribution in [-0.2, 0) is 29.2 Å². The fraction of sp³-hybridized carbons (Fsp3) is 0.481. The molecule has 1 aromatic carbocycles. The molecule has 41 heavy (non-hydrogen) atoms. The van der Waals surface area contributed by atoms with Gasteiger partial charge in [0.25, 0.3) is 0 Å². The average molecular weight is 571 g/mol. The number of fused-ring (bicyclic) bond motifs is 1. The van der Waals surface area contributed by atoms with Crippen LogP contribution in [0.3, 0.4) is 0 Å². The molecule has 0 spiro atoms. The molecule has 0 saturated carbocycles. The van der Waals surface area contributed by atoms with Crippen molar-refractivity contribution in [2.24, 2.45) is 5.92 Å². The van der Waals surface area contributed by atoms with Crippen LogP contribution in [0.25, 0.3) is 0 Å². The zero-order valence-electron chi connectivity index (χ0n) is 23.0. The Hall–Kier alpha value is -4.04. The molecular weight excluding hydrogens is 538 g/mol. The second kappa shape index (κ2) is 11.4. The molecule has 2 aromatic heterocycles. The first kappa shape index (κ1) is 28.5. The molecule has 2 atom stereocenters. The maximum Gasteiger partial charge on any atom is 0.242 e. The Kier molecular flexibility index (Phi) is 7.95. The monoisotopic (exact) mass is 570 g/mol. The van der Waals surface area contributed by atoms with Crippen LogP contribution >= 0.6 is 0 Å². The van der Waals surface area contributed by atoms with E-state index < -0.39 is 23.2 Å². The third-order valence-electron chi connectivity index (χ3n) is 7.51. The number of halogens is 2. The molecule has 2 N–H and O–H groups in total. The van der Waals surface area contributed by atoms with Gasteiger partial charge in [0, 0.05) is 44.6 Å². The van der Waals surface area contributed by atoms with E-state index in [0.29, 0.717) is 56.7 Å². The Balaban J connectivity index is 1.16. The number of hydrogen-bond acceptors (Lipinski definition) is 9. The summed E-state index contributed by atoms with van der Waals surface area (Å²) in [5.74, 6) is -0.989. The number of benzene rings is 1. The number of anilines is 1. The molecule has 3 aromatic rings. The number of rotatable bonds is 7. The van der Waals surface area contributed by atoms with E-state index in [1.807, 2.05) is 23.6 Å². The Morgan fingerprint density at radius 1 is 1.20 bits per heavy atom. The van der Waals surface area contributed by atoms with E-state index >= 15 is 0 Å². The number of amides is 2. The van der Waals surface area contributed by atoms with Crippen molar-refractivity contribution in [3.63, 3.8) is 0 Å². The van der Waals surface area contributed by atoms with Crippen molar-refractivity contribution in [1.82, 2.24) is 34.5 Å². The summed E-state index contributed by atoms with van der Waals surface area (Å²) in [5.41, 5.74) is -0.514. The third kappa shape index (κ3) is 6.17. The quantitative estimate of drug-likeness (QED) is 0.438.